The molecule has 0 unspecified atom stereocenters. The molecule has 0 spiro atoms. The Morgan fingerprint density at radius 3 is 2.39 bits per heavy atom. The highest BCUT2D eigenvalue weighted by Crippen LogP contribution is 2.34. The summed E-state index contributed by atoms with van der Waals surface area (Å²) in [5, 5.41) is 27.4. The van der Waals surface area contributed by atoms with E-state index < -0.39 is 6.10 Å². The molecule has 0 heterocycles. The summed E-state index contributed by atoms with van der Waals surface area (Å²) in [4.78, 5) is 1.60. The fourth-order valence-corrected chi connectivity index (χ4v) is 1.80. The zero-order chi connectivity index (χ0) is 13.5. The van der Waals surface area contributed by atoms with Crippen LogP contribution >= 0.6 is 0 Å². The number of rotatable bonds is 5. The fourth-order valence-electron chi connectivity index (χ4n) is 1.80. The highest BCUT2D eigenvalue weighted by atomic mass is 16.5. The summed E-state index contributed by atoms with van der Waals surface area (Å²) in [6, 6.07) is 9.28. The second-order valence-corrected chi connectivity index (χ2v) is 3.74. The summed E-state index contributed by atoms with van der Waals surface area (Å²) in [6.45, 7) is 1.79. The molecule has 18 heavy (non-hydrogen) atoms. The van der Waals surface area contributed by atoms with Gasteiger partial charge in [-0.05, 0) is 19.1 Å². The van der Waals surface area contributed by atoms with E-state index >= 15 is 0 Å². The van der Waals surface area contributed by atoms with Crippen LogP contribution < -0.4 is 9.64 Å². The average Bonchev–Trinajstić information content (AvgIpc) is 2.37. The summed E-state index contributed by atoms with van der Waals surface area (Å²) in [5.41, 5.74) is 1.23. The number of nitrogens with zero attached hydrogens (tertiary/aromatic N) is 3. The lowest BCUT2D eigenvalue weighted by atomic mass is 10.1. The number of hydrogen-bond donors (Lipinski definition) is 1. The Balaban J connectivity index is 3.29. The van der Waals surface area contributed by atoms with Crippen LogP contribution in [0.3, 0.4) is 0 Å². The summed E-state index contributed by atoms with van der Waals surface area (Å²) in [6.07, 6.45) is -0.740. The maximum Gasteiger partial charge on any atom is 0.126 e. The molecular weight excluding hydrogens is 230 g/mol. The van der Waals surface area contributed by atoms with Gasteiger partial charge in [0.25, 0.3) is 0 Å². The Kier molecular flexibility index (Phi) is 4.98. The van der Waals surface area contributed by atoms with Gasteiger partial charge in [-0.15, -0.1) is 0 Å². The van der Waals surface area contributed by atoms with Crippen molar-refractivity contribution in [1.29, 1.82) is 10.5 Å². The minimum atomic E-state index is -0.740. The van der Waals surface area contributed by atoms with E-state index in [0.717, 1.165) is 0 Å². The second-order valence-electron chi connectivity index (χ2n) is 3.74. The van der Waals surface area contributed by atoms with Crippen LogP contribution in [0.25, 0.3) is 0 Å². The molecule has 0 amide bonds. The van der Waals surface area contributed by atoms with Gasteiger partial charge in [-0.2, -0.15) is 10.5 Å². The average molecular weight is 245 g/mol. The lowest BCUT2D eigenvalue weighted by Crippen LogP contribution is -2.25. The van der Waals surface area contributed by atoms with E-state index in [0.29, 0.717) is 17.0 Å². The molecule has 1 aromatic rings. The molecule has 1 rings (SSSR count). The number of aliphatic hydroxyl groups is 1. The molecule has 0 saturated heterocycles. The molecule has 0 bridgehead atoms. The predicted octanol–water partition coefficient (Wildman–Crippen LogP) is 1.60. The highest BCUT2D eigenvalue weighted by molar-refractivity contribution is 5.61. The Labute approximate surface area is 106 Å². The lowest BCUT2D eigenvalue weighted by molar-refractivity contribution is 0.194. The van der Waals surface area contributed by atoms with Gasteiger partial charge in [-0.3, -0.25) is 0 Å². The summed E-state index contributed by atoms with van der Waals surface area (Å²) >= 11 is 0. The van der Waals surface area contributed by atoms with Gasteiger partial charge < -0.3 is 14.7 Å². The van der Waals surface area contributed by atoms with E-state index in [-0.39, 0.29) is 13.1 Å². The number of ether oxygens (including phenoxy) is 1. The van der Waals surface area contributed by atoms with Gasteiger partial charge >= 0.3 is 0 Å². The van der Waals surface area contributed by atoms with Crippen molar-refractivity contribution in [2.45, 2.75) is 13.0 Å². The van der Waals surface area contributed by atoms with Gasteiger partial charge in [0, 0.05) is 11.3 Å². The molecule has 0 aliphatic rings. The standard InChI is InChI=1S/C13H15N3O2/c1-10(17)13-11(4-3-5-12(13)18-2)16(8-6-14)9-7-15/h3-5,10,17H,8-9H2,1-2H3/t10-/m0/s1. The van der Waals surface area contributed by atoms with E-state index in [1.807, 2.05) is 12.1 Å². The highest BCUT2D eigenvalue weighted by Gasteiger charge is 2.18. The largest absolute Gasteiger partial charge is 0.496 e. The van der Waals surface area contributed by atoms with Crippen molar-refractivity contribution in [3.05, 3.63) is 23.8 Å². The molecule has 1 aromatic carbocycles. The quantitative estimate of drug-likeness (QED) is 0.797. The zero-order valence-electron chi connectivity index (χ0n) is 10.4. The van der Waals surface area contributed by atoms with Crippen LogP contribution in [0.4, 0.5) is 5.69 Å². The summed E-state index contributed by atoms with van der Waals surface area (Å²) < 4.78 is 5.20. The van der Waals surface area contributed by atoms with Crippen LogP contribution in [0.5, 0.6) is 5.75 Å². The predicted molar refractivity (Wildman–Crippen MR) is 67.1 cm³/mol. The normalized spacial score (nSPS) is 11.2. The van der Waals surface area contributed by atoms with Crippen LogP contribution in [-0.4, -0.2) is 25.3 Å². The first-order valence-electron chi connectivity index (χ1n) is 5.49. The van der Waals surface area contributed by atoms with Crippen LogP contribution in [-0.2, 0) is 0 Å². The number of benzene rings is 1. The van der Waals surface area contributed by atoms with Crippen molar-refractivity contribution < 1.29 is 9.84 Å². The topological polar surface area (TPSA) is 80.3 Å². The monoisotopic (exact) mass is 245 g/mol. The molecule has 0 aliphatic heterocycles. The molecule has 0 radical (unpaired) electrons. The number of hydrogen-bond acceptors (Lipinski definition) is 5. The fraction of sp³-hybridized carbons (Fsp3) is 0.385. The van der Waals surface area contributed by atoms with Crippen molar-refractivity contribution in [3.63, 3.8) is 0 Å². The van der Waals surface area contributed by atoms with Gasteiger partial charge in [-0.25, -0.2) is 0 Å². The Morgan fingerprint density at radius 1 is 1.33 bits per heavy atom. The SMILES string of the molecule is COc1cccc(N(CC#N)CC#N)c1[C@H](C)O. The number of aliphatic hydroxyl groups excluding tert-OH is 1. The first-order chi connectivity index (χ1) is 8.65. The van der Waals surface area contributed by atoms with Crippen LogP contribution in [0.2, 0.25) is 0 Å². The smallest absolute Gasteiger partial charge is 0.126 e. The molecule has 5 heteroatoms. The molecule has 0 aliphatic carbocycles. The van der Waals surface area contributed by atoms with E-state index in [1.54, 1.807) is 30.0 Å². The number of methoxy groups -OCH3 is 1. The van der Waals surface area contributed by atoms with E-state index in [4.69, 9.17) is 15.3 Å². The Morgan fingerprint density at radius 2 is 1.94 bits per heavy atom. The van der Waals surface area contributed by atoms with Gasteiger partial charge in [0.1, 0.15) is 18.8 Å². The molecule has 1 N–H and O–H groups in total. The second kappa shape index (κ2) is 6.48. The minimum absolute atomic E-state index is 0.0838. The van der Waals surface area contributed by atoms with Gasteiger partial charge in [-0.1, -0.05) is 6.07 Å². The molecule has 0 aromatic heterocycles. The molecule has 94 valence electrons. The third kappa shape index (κ3) is 2.91. The Hall–Kier alpha value is -2.24. The van der Waals surface area contributed by atoms with Crippen LogP contribution in [0.15, 0.2) is 18.2 Å². The minimum Gasteiger partial charge on any atom is -0.496 e. The van der Waals surface area contributed by atoms with Crippen molar-refractivity contribution >= 4 is 5.69 Å². The van der Waals surface area contributed by atoms with Crippen molar-refractivity contribution in [3.8, 4) is 17.9 Å². The maximum atomic E-state index is 9.83. The third-order valence-electron chi connectivity index (χ3n) is 2.54. The Bertz CT molecular complexity index is 470. The van der Waals surface area contributed by atoms with Crippen molar-refractivity contribution in [1.82, 2.24) is 0 Å². The van der Waals surface area contributed by atoms with Crippen LogP contribution in [0, 0.1) is 22.7 Å². The molecule has 0 fully saturated rings. The zero-order valence-corrected chi connectivity index (χ0v) is 10.4. The van der Waals surface area contributed by atoms with Crippen molar-refractivity contribution in [2.75, 3.05) is 25.1 Å². The number of nitriles is 2. The summed E-state index contributed by atoms with van der Waals surface area (Å²) in [5.74, 6) is 0.545. The third-order valence-corrected chi connectivity index (χ3v) is 2.54. The molecule has 0 saturated carbocycles. The van der Waals surface area contributed by atoms with Gasteiger partial charge in [0.2, 0.25) is 0 Å². The first kappa shape index (κ1) is 13.8. The molecular formula is C13H15N3O2. The van der Waals surface area contributed by atoms with Crippen molar-refractivity contribution in [2.24, 2.45) is 0 Å². The van der Waals surface area contributed by atoms with E-state index in [1.165, 1.54) is 7.11 Å². The first-order valence-corrected chi connectivity index (χ1v) is 5.49. The molecule has 1 atom stereocenters. The number of anilines is 1. The maximum absolute atomic E-state index is 9.83. The molecule has 5 nitrogen and oxygen atoms in total. The van der Waals surface area contributed by atoms with Gasteiger partial charge in [0.05, 0.1) is 25.4 Å². The lowest BCUT2D eigenvalue weighted by Gasteiger charge is -2.24. The van der Waals surface area contributed by atoms with E-state index in [9.17, 15) is 5.11 Å². The summed E-state index contributed by atoms with van der Waals surface area (Å²) in [7, 11) is 1.52. The van der Waals surface area contributed by atoms with Crippen LogP contribution in [0.1, 0.15) is 18.6 Å². The van der Waals surface area contributed by atoms with E-state index in [2.05, 4.69) is 0 Å². The van der Waals surface area contributed by atoms with Gasteiger partial charge in [0.15, 0.2) is 0 Å².